The number of likely N-dealkylation sites (N-methyl/N-ethyl adjacent to an activating group) is 1. The van der Waals surface area contributed by atoms with Crippen molar-refractivity contribution in [2.24, 2.45) is 0 Å². The van der Waals surface area contributed by atoms with Crippen LogP contribution in [0.2, 0.25) is 5.15 Å². The molecule has 0 spiro atoms. The third-order valence-corrected chi connectivity index (χ3v) is 6.56. The summed E-state index contributed by atoms with van der Waals surface area (Å²) in [4.78, 5) is 25.9. The number of ether oxygens (including phenoxy) is 2. The van der Waals surface area contributed by atoms with Crippen molar-refractivity contribution in [2.75, 3.05) is 38.3 Å². The van der Waals surface area contributed by atoms with Crippen LogP contribution in [-0.4, -0.2) is 78.4 Å². The summed E-state index contributed by atoms with van der Waals surface area (Å²) in [5, 5.41) is 3.31. The molecule has 2 saturated heterocycles. The first kappa shape index (κ1) is 24.0. The van der Waals surface area contributed by atoms with Crippen molar-refractivity contribution in [2.45, 2.75) is 77.1 Å². The third kappa shape index (κ3) is 6.20. The molecule has 2 aliphatic heterocycles. The van der Waals surface area contributed by atoms with Gasteiger partial charge in [-0.25, -0.2) is 4.98 Å². The number of hydrogen-bond donors (Lipinski definition) is 1. The molecule has 9 heteroatoms. The highest BCUT2D eigenvalue weighted by Crippen LogP contribution is 2.32. The quantitative estimate of drug-likeness (QED) is 0.576. The average molecular weight is 454 g/mol. The summed E-state index contributed by atoms with van der Waals surface area (Å²) in [5.41, 5.74) is 0. The number of piperidine rings is 1. The van der Waals surface area contributed by atoms with Crippen LogP contribution in [0.4, 0.5) is 5.95 Å². The molecule has 1 aromatic heterocycles. The number of anilines is 1. The number of aromatic nitrogens is 2. The molecule has 31 heavy (non-hydrogen) atoms. The number of hydrogen-bond acceptors (Lipinski definition) is 7. The summed E-state index contributed by atoms with van der Waals surface area (Å²) in [5.74, 6) is 1.17. The van der Waals surface area contributed by atoms with E-state index in [0.29, 0.717) is 55.4 Å². The number of carbonyl (C=O) groups excluding carboxylic acids is 1. The zero-order valence-electron chi connectivity index (χ0n) is 19.1. The van der Waals surface area contributed by atoms with E-state index in [9.17, 15) is 4.79 Å². The highest BCUT2D eigenvalue weighted by atomic mass is 35.5. The summed E-state index contributed by atoms with van der Waals surface area (Å²) in [6, 6.07) is 2.59. The fourth-order valence-corrected chi connectivity index (χ4v) is 4.80. The van der Waals surface area contributed by atoms with Crippen LogP contribution in [0.1, 0.15) is 52.9 Å². The first-order valence-corrected chi connectivity index (χ1v) is 11.9. The molecular formula is C22H36ClN5O3. The van der Waals surface area contributed by atoms with E-state index in [2.05, 4.69) is 38.9 Å². The SMILES string of the molecule is CCNC(=O)CN1[C@H](CC)C[C@@H](N(C)c2nc(Cl)cc(O[C@H]3CCOC3)n2)C[C@@H]1CC. The van der Waals surface area contributed by atoms with Gasteiger partial charge in [-0.3, -0.25) is 9.69 Å². The molecule has 8 nitrogen and oxygen atoms in total. The van der Waals surface area contributed by atoms with Gasteiger partial charge in [-0.2, -0.15) is 4.98 Å². The van der Waals surface area contributed by atoms with Gasteiger partial charge in [0.15, 0.2) is 0 Å². The van der Waals surface area contributed by atoms with E-state index in [0.717, 1.165) is 32.1 Å². The van der Waals surface area contributed by atoms with E-state index in [1.807, 2.05) is 14.0 Å². The highest BCUT2D eigenvalue weighted by molar-refractivity contribution is 6.29. The Morgan fingerprint density at radius 2 is 2.00 bits per heavy atom. The van der Waals surface area contributed by atoms with E-state index in [4.69, 9.17) is 21.1 Å². The summed E-state index contributed by atoms with van der Waals surface area (Å²) >= 11 is 6.30. The third-order valence-electron chi connectivity index (χ3n) is 6.37. The molecule has 1 amide bonds. The molecule has 0 bridgehead atoms. The van der Waals surface area contributed by atoms with E-state index in [-0.39, 0.29) is 18.1 Å². The van der Waals surface area contributed by atoms with Gasteiger partial charge in [0.2, 0.25) is 17.7 Å². The molecule has 0 aromatic carbocycles. The van der Waals surface area contributed by atoms with Crippen molar-refractivity contribution in [3.8, 4) is 5.88 Å². The first-order valence-electron chi connectivity index (χ1n) is 11.5. The number of nitrogens with one attached hydrogen (secondary N) is 1. The topological polar surface area (TPSA) is 79.8 Å². The van der Waals surface area contributed by atoms with Crippen molar-refractivity contribution < 1.29 is 14.3 Å². The normalized spacial score (nSPS) is 26.6. The van der Waals surface area contributed by atoms with Crippen LogP contribution in [-0.2, 0) is 9.53 Å². The minimum atomic E-state index is 0.00979. The van der Waals surface area contributed by atoms with Gasteiger partial charge in [0.1, 0.15) is 11.3 Å². The fraction of sp³-hybridized carbons (Fsp3) is 0.773. The molecule has 3 heterocycles. The van der Waals surface area contributed by atoms with Crippen LogP contribution in [0.3, 0.4) is 0 Å². The van der Waals surface area contributed by atoms with Crippen LogP contribution in [0.25, 0.3) is 0 Å². The second kappa shape index (κ2) is 11.3. The molecule has 3 rings (SSSR count). The molecule has 4 atom stereocenters. The number of likely N-dealkylation sites (tertiary alicyclic amines) is 1. The van der Waals surface area contributed by atoms with Gasteiger partial charge in [0.25, 0.3) is 0 Å². The standard InChI is InChI=1S/C22H36ClN5O3/c1-5-15-10-17(11-16(6-2)28(15)13-20(29)24-7-3)27(4)22-25-19(23)12-21(26-22)31-18-8-9-30-14-18/h12,15-18H,5-11,13-14H2,1-4H3,(H,24,29)/t15-,16+,17-,18-/m0/s1. The lowest BCUT2D eigenvalue weighted by molar-refractivity contribution is -0.124. The van der Waals surface area contributed by atoms with E-state index >= 15 is 0 Å². The van der Waals surface area contributed by atoms with Crippen LogP contribution >= 0.6 is 11.6 Å². The molecule has 0 aliphatic carbocycles. The lowest BCUT2D eigenvalue weighted by Crippen LogP contribution is -2.56. The van der Waals surface area contributed by atoms with Crippen LogP contribution in [0.5, 0.6) is 5.88 Å². The zero-order chi connectivity index (χ0) is 22.4. The number of nitrogens with zero attached hydrogens (tertiary/aromatic N) is 4. The molecule has 1 N–H and O–H groups in total. The Bertz CT molecular complexity index is 717. The minimum absolute atomic E-state index is 0.00979. The molecule has 174 valence electrons. The Kier molecular flexibility index (Phi) is 8.75. The summed E-state index contributed by atoms with van der Waals surface area (Å²) < 4.78 is 11.4. The van der Waals surface area contributed by atoms with Gasteiger partial charge >= 0.3 is 0 Å². The Labute approximate surface area is 190 Å². The van der Waals surface area contributed by atoms with Crippen molar-refractivity contribution in [3.05, 3.63) is 11.2 Å². The molecule has 2 aliphatic rings. The van der Waals surface area contributed by atoms with Gasteiger partial charge < -0.3 is 19.7 Å². The smallest absolute Gasteiger partial charge is 0.234 e. The van der Waals surface area contributed by atoms with Crippen molar-refractivity contribution >= 4 is 23.5 Å². The van der Waals surface area contributed by atoms with Crippen LogP contribution < -0.4 is 15.0 Å². The molecule has 2 fully saturated rings. The molecule has 0 radical (unpaired) electrons. The van der Waals surface area contributed by atoms with Crippen LogP contribution in [0.15, 0.2) is 6.07 Å². The van der Waals surface area contributed by atoms with Gasteiger partial charge in [0, 0.05) is 44.2 Å². The largest absolute Gasteiger partial charge is 0.472 e. The maximum atomic E-state index is 12.3. The first-order chi connectivity index (χ1) is 14.9. The Balaban J connectivity index is 1.73. The number of halogens is 1. The monoisotopic (exact) mass is 453 g/mol. The number of carbonyl (C=O) groups is 1. The van der Waals surface area contributed by atoms with E-state index in [1.54, 1.807) is 6.07 Å². The van der Waals surface area contributed by atoms with Gasteiger partial charge in [-0.05, 0) is 32.6 Å². The van der Waals surface area contributed by atoms with Crippen molar-refractivity contribution in [1.82, 2.24) is 20.2 Å². The molecule has 0 unspecified atom stereocenters. The Morgan fingerprint density at radius 1 is 1.29 bits per heavy atom. The van der Waals surface area contributed by atoms with E-state index < -0.39 is 0 Å². The number of rotatable bonds is 9. The molecule has 0 saturated carbocycles. The van der Waals surface area contributed by atoms with Crippen LogP contribution in [0, 0.1) is 0 Å². The molecular weight excluding hydrogens is 418 g/mol. The second-order valence-electron chi connectivity index (χ2n) is 8.42. The summed E-state index contributed by atoms with van der Waals surface area (Å²) in [6.07, 6.45) is 4.75. The van der Waals surface area contributed by atoms with Gasteiger partial charge in [-0.1, -0.05) is 25.4 Å². The fourth-order valence-electron chi connectivity index (χ4n) is 4.63. The lowest BCUT2D eigenvalue weighted by atomic mass is 9.88. The van der Waals surface area contributed by atoms with Gasteiger partial charge in [0.05, 0.1) is 19.8 Å². The van der Waals surface area contributed by atoms with Gasteiger partial charge in [-0.15, -0.1) is 0 Å². The second-order valence-corrected chi connectivity index (χ2v) is 8.81. The predicted octanol–water partition coefficient (Wildman–Crippen LogP) is 2.89. The Hall–Kier alpha value is -1.64. The lowest BCUT2D eigenvalue weighted by Gasteiger charge is -2.47. The summed E-state index contributed by atoms with van der Waals surface area (Å²) in [7, 11) is 2.03. The minimum Gasteiger partial charge on any atom is -0.472 e. The zero-order valence-corrected chi connectivity index (χ0v) is 19.9. The maximum Gasteiger partial charge on any atom is 0.234 e. The maximum absolute atomic E-state index is 12.3. The highest BCUT2D eigenvalue weighted by Gasteiger charge is 2.37. The van der Waals surface area contributed by atoms with Crippen molar-refractivity contribution in [1.29, 1.82) is 0 Å². The Morgan fingerprint density at radius 3 is 2.58 bits per heavy atom. The molecule has 1 aromatic rings. The van der Waals surface area contributed by atoms with E-state index in [1.165, 1.54) is 0 Å². The number of amides is 1. The van der Waals surface area contributed by atoms with Crippen molar-refractivity contribution in [3.63, 3.8) is 0 Å². The predicted molar refractivity (Wildman–Crippen MR) is 122 cm³/mol. The average Bonchev–Trinajstić information content (AvgIpc) is 3.26. The summed E-state index contributed by atoms with van der Waals surface area (Å²) in [6.45, 7) is 8.74.